The average molecular weight is 479 g/mol. The standard InChI is InChI=1S/C27H34N4O2S/c1-19(2)34(32,33)31-15-13-30(14-16-31)27-25(18-24-17-20(3)11-12-21(24)4)22(5)28-26(29-27)23-9-7-6-8-10-23/h6-12,17,19H,13-16,18H2,1-5H3. The maximum absolute atomic E-state index is 12.7. The summed E-state index contributed by atoms with van der Waals surface area (Å²) >= 11 is 0. The third-order valence-corrected chi connectivity index (χ3v) is 8.87. The van der Waals surface area contributed by atoms with Crippen LogP contribution in [0.15, 0.2) is 48.5 Å². The number of sulfonamides is 1. The Bertz CT molecular complexity index is 1270. The lowest BCUT2D eigenvalue weighted by Crippen LogP contribution is -2.51. The summed E-state index contributed by atoms with van der Waals surface area (Å²) < 4.78 is 27.0. The molecule has 0 aliphatic carbocycles. The summed E-state index contributed by atoms with van der Waals surface area (Å²) in [6, 6.07) is 16.6. The van der Waals surface area contributed by atoms with Gasteiger partial charge in [0.25, 0.3) is 0 Å². The van der Waals surface area contributed by atoms with E-state index in [0.717, 1.165) is 29.1 Å². The highest BCUT2D eigenvalue weighted by molar-refractivity contribution is 7.89. The van der Waals surface area contributed by atoms with Crippen LogP contribution in [-0.4, -0.2) is 54.1 Å². The Kier molecular flexibility index (Phi) is 7.05. The maximum Gasteiger partial charge on any atom is 0.216 e. The zero-order chi connectivity index (χ0) is 24.5. The number of rotatable bonds is 6. The second-order valence-corrected chi connectivity index (χ2v) is 11.9. The van der Waals surface area contributed by atoms with E-state index in [0.29, 0.717) is 32.0 Å². The number of anilines is 1. The van der Waals surface area contributed by atoms with Crippen LogP contribution in [0.2, 0.25) is 0 Å². The van der Waals surface area contributed by atoms with E-state index in [-0.39, 0.29) is 0 Å². The monoisotopic (exact) mass is 478 g/mol. The Hall–Kier alpha value is -2.77. The molecule has 1 aliphatic rings. The van der Waals surface area contributed by atoms with Crippen LogP contribution in [0, 0.1) is 20.8 Å². The summed E-state index contributed by atoms with van der Waals surface area (Å²) in [5.74, 6) is 1.61. The SMILES string of the molecule is Cc1ccc(C)c(Cc2c(C)nc(-c3ccccc3)nc2N2CCN(S(=O)(=O)C(C)C)CC2)c1. The molecule has 0 amide bonds. The Morgan fingerprint density at radius 3 is 2.24 bits per heavy atom. The van der Waals surface area contributed by atoms with Crippen molar-refractivity contribution in [2.45, 2.75) is 46.3 Å². The average Bonchev–Trinajstić information content (AvgIpc) is 2.83. The minimum Gasteiger partial charge on any atom is -0.354 e. The van der Waals surface area contributed by atoms with Crippen LogP contribution in [0.1, 0.15) is 41.8 Å². The number of hydrogen-bond acceptors (Lipinski definition) is 5. The first-order chi connectivity index (χ1) is 16.2. The van der Waals surface area contributed by atoms with E-state index in [1.165, 1.54) is 16.7 Å². The van der Waals surface area contributed by atoms with Crippen molar-refractivity contribution >= 4 is 15.8 Å². The van der Waals surface area contributed by atoms with Gasteiger partial charge in [0.15, 0.2) is 5.82 Å². The van der Waals surface area contributed by atoms with E-state index in [9.17, 15) is 8.42 Å². The van der Waals surface area contributed by atoms with Crippen LogP contribution in [0.5, 0.6) is 0 Å². The predicted octanol–water partition coefficient (Wildman–Crippen LogP) is 4.52. The molecule has 4 rings (SSSR count). The maximum atomic E-state index is 12.7. The number of benzene rings is 2. The fourth-order valence-electron chi connectivity index (χ4n) is 4.40. The highest BCUT2D eigenvalue weighted by Gasteiger charge is 2.31. The first kappa shape index (κ1) is 24.4. The molecule has 0 unspecified atom stereocenters. The zero-order valence-electron chi connectivity index (χ0n) is 20.7. The predicted molar refractivity (Wildman–Crippen MR) is 139 cm³/mol. The lowest BCUT2D eigenvalue weighted by molar-refractivity contribution is 0.379. The quantitative estimate of drug-likeness (QED) is 0.521. The minimum absolute atomic E-state index is 0.412. The van der Waals surface area contributed by atoms with E-state index in [1.807, 2.05) is 30.3 Å². The smallest absolute Gasteiger partial charge is 0.216 e. The molecule has 2 aromatic carbocycles. The summed E-state index contributed by atoms with van der Waals surface area (Å²) in [6.07, 6.45) is 0.744. The van der Waals surface area contributed by atoms with Gasteiger partial charge in [-0.15, -0.1) is 0 Å². The lowest BCUT2D eigenvalue weighted by Gasteiger charge is -2.36. The Morgan fingerprint density at radius 2 is 1.59 bits per heavy atom. The van der Waals surface area contributed by atoms with E-state index in [2.05, 4.69) is 43.9 Å². The molecule has 1 saturated heterocycles. The number of aromatic nitrogens is 2. The molecular weight excluding hydrogens is 444 g/mol. The molecule has 3 aromatic rings. The van der Waals surface area contributed by atoms with Gasteiger partial charge >= 0.3 is 0 Å². The lowest BCUT2D eigenvalue weighted by atomic mass is 9.97. The number of aryl methyl sites for hydroxylation is 3. The first-order valence-electron chi connectivity index (χ1n) is 11.9. The second kappa shape index (κ2) is 9.84. The van der Waals surface area contributed by atoms with Gasteiger partial charge in [-0.25, -0.2) is 18.4 Å². The van der Waals surface area contributed by atoms with Gasteiger partial charge in [-0.05, 0) is 45.7 Å². The number of piperazine rings is 1. The topological polar surface area (TPSA) is 66.4 Å². The molecule has 0 bridgehead atoms. The highest BCUT2D eigenvalue weighted by Crippen LogP contribution is 2.29. The molecule has 0 radical (unpaired) electrons. The van der Waals surface area contributed by atoms with E-state index >= 15 is 0 Å². The highest BCUT2D eigenvalue weighted by atomic mass is 32.2. The van der Waals surface area contributed by atoms with Gasteiger partial charge < -0.3 is 4.90 Å². The normalized spacial score (nSPS) is 15.2. The molecule has 0 saturated carbocycles. The van der Waals surface area contributed by atoms with Crippen molar-refractivity contribution in [3.05, 3.63) is 76.5 Å². The Morgan fingerprint density at radius 1 is 0.912 bits per heavy atom. The van der Waals surface area contributed by atoms with Crippen molar-refractivity contribution in [1.29, 1.82) is 0 Å². The van der Waals surface area contributed by atoms with Crippen LogP contribution in [-0.2, 0) is 16.4 Å². The largest absolute Gasteiger partial charge is 0.354 e. The fourth-order valence-corrected chi connectivity index (χ4v) is 5.67. The summed E-state index contributed by atoms with van der Waals surface area (Å²) in [5.41, 5.74) is 6.79. The first-order valence-corrected chi connectivity index (χ1v) is 13.4. The van der Waals surface area contributed by atoms with Crippen LogP contribution in [0.3, 0.4) is 0 Å². The second-order valence-electron chi connectivity index (χ2n) is 9.39. The summed E-state index contributed by atoms with van der Waals surface area (Å²) in [4.78, 5) is 12.2. The molecule has 7 heteroatoms. The molecular formula is C27H34N4O2S. The van der Waals surface area contributed by atoms with Crippen molar-refractivity contribution in [1.82, 2.24) is 14.3 Å². The Labute approximate surface area is 203 Å². The molecule has 1 aromatic heterocycles. The van der Waals surface area contributed by atoms with Gasteiger partial charge in [0.05, 0.1) is 5.25 Å². The fraction of sp³-hybridized carbons (Fsp3) is 0.407. The molecule has 0 spiro atoms. The Balaban J connectivity index is 1.73. The van der Waals surface area contributed by atoms with Crippen LogP contribution in [0.25, 0.3) is 11.4 Å². The van der Waals surface area contributed by atoms with Crippen molar-refractivity contribution in [3.8, 4) is 11.4 Å². The molecule has 180 valence electrons. The van der Waals surface area contributed by atoms with Gasteiger partial charge in [0.2, 0.25) is 10.0 Å². The molecule has 0 N–H and O–H groups in total. The van der Waals surface area contributed by atoms with Gasteiger partial charge in [0, 0.05) is 49.4 Å². The molecule has 6 nitrogen and oxygen atoms in total. The van der Waals surface area contributed by atoms with Gasteiger partial charge in [-0.1, -0.05) is 54.1 Å². The van der Waals surface area contributed by atoms with E-state index in [1.54, 1.807) is 18.2 Å². The van der Waals surface area contributed by atoms with E-state index in [4.69, 9.17) is 9.97 Å². The molecule has 1 fully saturated rings. The zero-order valence-corrected chi connectivity index (χ0v) is 21.6. The van der Waals surface area contributed by atoms with Crippen LogP contribution >= 0.6 is 0 Å². The summed E-state index contributed by atoms with van der Waals surface area (Å²) in [7, 11) is -3.26. The molecule has 0 atom stereocenters. The summed E-state index contributed by atoms with van der Waals surface area (Å²) in [6.45, 7) is 11.9. The number of nitrogens with zero attached hydrogens (tertiary/aromatic N) is 4. The minimum atomic E-state index is -3.26. The van der Waals surface area contributed by atoms with Crippen molar-refractivity contribution in [2.75, 3.05) is 31.1 Å². The van der Waals surface area contributed by atoms with Gasteiger partial charge in [0.1, 0.15) is 5.82 Å². The molecule has 2 heterocycles. The van der Waals surface area contributed by atoms with Crippen molar-refractivity contribution < 1.29 is 8.42 Å². The van der Waals surface area contributed by atoms with Crippen LogP contribution in [0.4, 0.5) is 5.82 Å². The molecule has 1 aliphatic heterocycles. The summed E-state index contributed by atoms with van der Waals surface area (Å²) in [5, 5.41) is -0.412. The van der Waals surface area contributed by atoms with Gasteiger partial charge in [-0.2, -0.15) is 4.31 Å². The number of hydrogen-bond donors (Lipinski definition) is 0. The van der Waals surface area contributed by atoms with Gasteiger partial charge in [-0.3, -0.25) is 0 Å². The van der Waals surface area contributed by atoms with Crippen molar-refractivity contribution in [2.24, 2.45) is 0 Å². The third-order valence-electron chi connectivity index (χ3n) is 6.59. The van der Waals surface area contributed by atoms with Crippen LogP contribution < -0.4 is 4.90 Å². The van der Waals surface area contributed by atoms with Crippen molar-refractivity contribution in [3.63, 3.8) is 0 Å². The molecule has 34 heavy (non-hydrogen) atoms. The van der Waals surface area contributed by atoms with E-state index < -0.39 is 15.3 Å². The third kappa shape index (κ3) is 5.00.